The highest BCUT2D eigenvalue weighted by atomic mass is 32.1. The van der Waals surface area contributed by atoms with Gasteiger partial charge >= 0.3 is 0 Å². The van der Waals surface area contributed by atoms with E-state index < -0.39 is 0 Å². The Balaban J connectivity index is 1.75. The van der Waals surface area contributed by atoms with E-state index in [0.717, 1.165) is 24.5 Å². The normalized spacial score (nSPS) is 20.7. The van der Waals surface area contributed by atoms with E-state index in [1.54, 1.807) is 0 Å². The van der Waals surface area contributed by atoms with Crippen LogP contribution in [0.3, 0.4) is 0 Å². The Hall–Kier alpha value is -1.13. The van der Waals surface area contributed by atoms with Crippen molar-refractivity contribution in [2.45, 2.75) is 39.3 Å². The Bertz CT molecular complexity index is 531. The lowest BCUT2D eigenvalue weighted by Crippen LogP contribution is -2.22. The zero-order valence-electron chi connectivity index (χ0n) is 10.8. The highest BCUT2D eigenvalue weighted by Crippen LogP contribution is 2.33. The lowest BCUT2D eigenvalue weighted by atomic mass is 10.1. The maximum Gasteiger partial charge on any atom is 0.154 e. The van der Waals surface area contributed by atoms with Crippen LogP contribution in [-0.4, -0.2) is 16.6 Å². The third kappa shape index (κ3) is 2.35. The molecule has 3 rings (SSSR count). The molecule has 2 aromatic rings. The van der Waals surface area contributed by atoms with E-state index in [0.29, 0.717) is 6.04 Å². The fraction of sp³-hybridized carbons (Fsp3) is 0.500. The molecule has 0 bridgehead atoms. The summed E-state index contributed by atoms with van der Waals surface area (Å²) >= 11 is 1.83. The highest BCUT2D eigenvalue weighted by Gasteiger charge is 2.29. The summed E-state index contributed by atoms with van der Waals surface area (Å²) in [4.78, 5) is 3.89. The molecule has 0 spiro atoms. The SMILES string of the molecule is Cc1cc(C2CCCN2Cc2csc(C)c2)on1. The van der Waals surface area contributed by atoms with E-state index in [1.165, 1.54) is 23.3 Å². The minimum atomic E-state index is 0.409. The second-order valence-electron chi connectivity index (χ2n) is 5.06. The molecule has 18 heavy (non-hydrogen) atoms. The first-order chi connectivity index (χ1) is 8.72. The third-order valence-electron chi connectivity index (χ3n) is 3.51. The number of rotatable bonds is 3. The fourth-order valence-corrected chi connectivity index (χ4v) is 3.39. The van der Waals surface area contributed by atoms with Crippen molar-refractivity contribution in [1.29, 1.82) is 0 Å². The number of hydrogen-bond acceptors (Lipinski definition) is 4. The van der Waals surface area contributed by atoms with Gasteiger partial charge in [0.25, 0.3) is 0 Å². The van der Waals surface area contributed by atoms with Crippen molar-refractivity contribution in [3.63, 3.8) is 0 Å². The van der Waals surface area contributed by atoms with Gasteiger partial charge < -0.3 is 4.52 Å². The zero-order valence-corrected chi connectivity index (χ0v) is 11.7. The highest BCUT2D eigenvalue weighted by molar-refractivity contribution is 7.10. The summed E-state index contributed by atoms with van der Waals surface area (Å²) < 4.78 is 5.43. The lowest BCUT2D eigenvalue weighted by Gasteiger charge is -2.21. The maximum atomic E-state index is 5.43. The quantitative estimate of drug-likeness (QED) is 0.844. The Kier molecular flexibility index (Phi) is 3.22. The van der Waals surface area contributed by atoms with Crippen LogP contribution in [-0.2, 0) is 6.54 Å². The minimum Gasteiger partial charge on any atom is -0.359 e. The number of nitrogens with zero attached hydrogens (tertiary/aromatic N) is 2. The monoisotopic (exact) mass is 262 g/mol. The van der Waals surface area contributed by atoms with Crippen LogP contribution in [0.25, 0.3) is 0 Å². The van der Waals surface area contributed by atoms with Gasteiger partial charge in [0.2, 0.25) is 0 Å². The Morgan fingerprint density at radius 3 is 3.00 bits per heavy atom. The molecule has 4 heteroatoms. The Morgan fingerprint density at radius 2 is 2.33 bits per heavy atom. The molecule has 0 aromatic carbocycles. The van der Waals surface area contributed by atoms with Crippen LogP contribution < -0.4 is 0 Å². The van der Waals surface area contributed by atoms with Crippen molar-refractivity contribution < 1.29 is 4.52 Å². The number of likely N-dealkylation sites (tertiary alicyclic amines) is 1. The first-order valence-electron chi connectivity index (χ1n) is 6.43. The van der Waals surface area contributed by atoms with Gasteiger partial charge in [-0.2, -0.15) is 0 Å². The molecule has 1 aliphatic rings. The van der Waals surface area contributed by atoms with Gasteiger partial charge in [-0.05, 0) is 50.2 Å². The van der Waals surface area contributed by atoms with E-state index in [9.17, 15) is 0 Å². The molecule has 1 saturated heterocycles. The average Bonchev–Trinajstić information content (AvgIpc) is 3.01. The largest absolute Gasteiger partial charge is 0.359 e. The summed E-state index contributed by atoms with van der Waals surface area (Å²) in [5, 5.41) is 6.27. The van der Waals surface area contributed by atoms with Crippen LogP contribution in [0.5, 0.6) is 0 Å². The van der Waals surface area contributed by atoms with Crippen molar-refractivity contribution in [3.05, 3.63) is 39.4 Å². The second-order valence-corrected chi connectivity index (χ2v) is 6.18. The summed E-state index contributed by atoms with van der Waals surface area (Å²) in [7, 11) is 0. The summed E-state index contributed by atoms with van der Waals surface area (Å²) in [6.45, 7) is 6.32. The van der Waals surface area contributed by atoms with Crippen LogP contribution >= 0.6 is 11.3 Å². The van der Waals surface area contributed by atoms with Gasteiger partial charge in [-0.15, -0.1) is 11.3 Å². The predicted octanol–water partition coefficient (Wildman–Crippen LogP) is 3.69. The second kappa shape index (κ2) is 4.86. The van der Waals surface area contributed by atoms with Crippen molar-refractivity contribution in [2.75, 3.05) is 6.54 Å². The van der Waals surface area contributed by atoms with E-state index in [4.69, 9.17) is 4.52 Å². The molecule has 0 saturated carbocycles. The number of hydrogen-bond donors (Lipinski definition) is 0. The van der Waals surface area contributed by atoms with Crippen LogP contribution in [0.2, 0.25) is 0 Å². The van der Waals surface area contributed by atoms with Crippen molar-refractivity contribution in [1.82, 2.24) is 10.1 Å². The molecule has 96 valence electrons. The minimum absolute atomic E-state index is 0.409. The van der Waals surface area contributed by atoms with Gasteiger partial charge in [-0.3, -0.25) is 4.90 Å². The molecule has 3 nitrogen and oxygen atoms in total. The predicted molar refractivity (Wildman–Crippen MR) is 72.7 cm³/mol. The molecule has 0 N–H and O–H groups in total. The third-order valence-corrected chi connectivity index (χ3v) is 4.42. The molecule has 1 unspecified atom stereocenters. The van der Waals surface area contributed by atoms with E-state index in [2.05, 4.69) is 34.5 Å². The van der Waals surface area contributed by atoms with E-state index in [-0.39, 0.29) is 0 Å². The van der Waals surface area contributed by atoms with Gasteiger partial charge in [-0.1, -0.05) is 5.16 Å². The molecule has 0 amide bonds. The summed E-state index contributed by atoms with van der Waals surface area (Å²) in [6.07, 6.45) is 2.42. The van der Waals surface area contributed by atoms with Gasteiger partial charge in [0, 0.05) is 17.5 Å². The molecule has 1 atom stereocenters. The van der Waals surface area contributed by atoms with Crippen LogP contribution in [0.1, 0.15) is 40.8 Å². The first kappa shape index (κ1) is 11.9. The van der Waals surface area contributed by atoms with Gasteiger partial charge in [0.1, 0.15) is 0 Å². The summed E-state index contributed by atoms with van der Waals surface area (Å²) in [6, 6.07) is 4.76. The molecule has 0 aliphatic carbocycles. The number of thiophene rings is 1. The standard InChI is InChI=1S/C14H18N2OS/c1-10-6-14(17-15-10)13-4-3-5-16(13)8-12-7-11(2)18-9-12/h6-7,9,13H,3-5,8H2,1-2H3. The number of aryl methyl sites for hydroxylation is 2. The van der Waals surface area contributed by atoms with Crippen LogP contribution in [0, 0.1) is 13.8 Å². The first-order valence-corrected chi connectivity index (χ1v) is 7.31. The van der Waals surface area contributed by atoms with Crippen molar-refractivity contribution in [2.24, 2.45) is 0 Å². The molecule has 3 heterocycles. The lowest BCUT2D eigenvalue weighted by molar-refractivity contribution is 0.207. The Morgan fingerprint density at radius 1 is 1.44 bits per heavy atom. The molecule has 1 aliphatic heterocycles. The molecular weight excluding hydrogens is 244 g/mol. The fourth-order valence-electron chi connectivity index (χ4n) is 2.69. The molecule has 2 aromatic heterocycles. The summed E-state index contributed by atoms with van der Waals surface area (Å²) in [5.41, 5.74) is 2.39. The molecular formula is C14H18N2OS. The molecule has 1 fully saturated rings. The van der Waals surface area contributed by atoms with Crippen molar-refractivity contribution in [3.8, 4) is 0 Å². The molecule has 0 radical (unpaired) electrons. The smallest absolute Gasteiger partial charge is 0.154 e. The summed E-state index contributed by atoms with van der Waals surface area (Å²) in [5.74, 6) is 1.02. The van der Waals surface area contributed by atoms with Crippen LogP contribution in [0.4, 0.5) is 0 Å². The Labute approximate surface area is 111 Å². The van der Waals surface area contributed by atoms with E-state index in [1.807, 2.05) is 18.3 Å². The zero-order chi connectivity index (χ0) is 12.5. The van der Waals surface area contributed by atoms with Crippen LogP contribution in [0.15, 0.2) is 22.0 Å². The topological polar surface area (TPSA) is 29.3 Å². The van der Waals surface area contributed by atoms with E-state index >= 15 is 0 Å². The van der Waals surface area contributed by atoms with Gasteiger partial charge in [0.05, 0.1) is 11.7 Å². The van der Waals surface area contributed by atoms with Gasteiger partial charge in [-0.25, -0.2) is 0 Å². The number of aromatic nitrogens is 1. The van der Waals surface area contributed by atoms with Crippen molar-refractivity contribution >= 4 is 11.3 Å². The maximum absolute atomic E-state index is 5.43. The average molecular weight is 262 g/mol. The van der Waals surface area contributed by atoms with Gasteiger partial charge in [0.15, 0.2) is 5.76 Å².